The number of rotatable bonds is 7. The third kappa shape index (κ3) is 4.90. The molecule has 0 radical (unpaired) electrons. The van der Waals surface area contributed by atoms with Gasteiger partial charge < -0.3 is 24.4 Å². The molecule has 154 valence electrons. The number of piperazine rings is 1. The number of amides is 1. The average Bonchev–Trinajstić information content (AvgIpc) is 2.78. The molecule has 29 heavy (non-hydrogen) atoms. The molecule has 1 atom stereocenters. The molecular weight excluding hydrogens is 368 g/mol. The summed E-state index contributed by atoms with van der Waals surface area (Å²) in [5.74, 6) is 1.87. The first kappa shape index (κ1) is 20.7. The molecule has 2 aromatic carbocycles. The van der Waals surface area contributed by atoms with Crippen molar-refractivity contribution in [2.75, 3.05) is 40.5 Å². The van der Waals surface area contributed by atoms with Crippen LogP contribution in [0.3, 0.4) is 0 Å². The van der Waals surface area contributed by atoms with Crippen LogP contribution >= 0.6 is 0 Å². The van der Waals surface area contributed by atoms with E-state index in [2.05, 4.69) is 5.32 Å². The maximum atomic E-state index is 13.0. The van der Waals surface area contributed by atoms with E-state index < -0.39 is 0 Å². The Morgan fingerprint density at radius 2 is 1.93 bits per heavy atom. The zero-order chi connectivity index (χ0) is 20.6. The normalized spacial score (nSPS) is 16.7. The third-order valence-electron chi connectivity index (χ3n) is 4.96. The molecule has 1 saturated heterocycles. The van der Waals surface area contributed by atoms with Gasteiger partial charge in [-0.15, -0.1) is 0 Å². The van der Waals surface area contributed by atoms with E-state index in [-0.39, 0.29) is 18.6 Å². The molecule has 1 fully saturated rings. The second kappa shape index (κ2) is 9.98. The van der Waals surface area contributed by atoms with Gasteiger partial charge >= 0.3 is 0 Å². The lowest BCUT2D eigenvalue weighted by atomic mass is 10.0. The molecule has 1 heterocycles. The lowest BCUT2D eigenvalue weighted by Crippen LogP contribution is -2.50. The Morgan fingerprint density at radius 1 is 1.14 bits per heavy atom. The number of hydrogen-bond donors (Lipinski definition) is 1. The van der Waals surface area contributed by atoms with E-state index in [0.717, 1.165) is 23.4 Å². The molecular formula is C23H28N2O4. The van der Waals surface area contributed by atoms with Gasteiger partial charge in [-0.2, -0.15) is 0 Å². The highest BCUT2D eigenvalue weighted by molar-refractivity contribution is 5.78. The SMILES string of the molecule is C/C=C/c1ccc(OCC(=O)N2CCNCC2c2ccccc2OC)c(OC)c1. The molecule has 3 rings (SSSR count). The molecule has 0 bridgehead atoms. The zero-order valence-corrected chi connectivity index (χ0v) is 17.2. The predicted octanol–water partition coefficient (Wildman–Crippen LogP) is 3.29. The van der Waals surface area contributed by atoms with Crippen molar-refractivity contribution < 1.29 is 19.0 Å². The summed E-state index contributed by atoms with van der Waals surface area (Å²) < 4.78 is 16.7. The van der Waals surface area contributed by atoms with Gasteiger partial charge in [-0.05, 0) is 30.7 Å². The lowest BCUT2D eigenvalue weighted by molar-refractivity contribution is -0.136. The molecule has 6 heteroatoms. The van der Waals surface area contributed by atoms with Crippen LogP contribution in [0.4, 0.5) is 0 Å². The van der Waals surface area contributed by atoms with E-state index in [4.69, 9.17) is 14.2 Å². The van der Waals surface area contributed by atoms with Gasteiger partial charge in [-0.25, -0.2) is 0 Å². The van der Waals surface area contributed by atoms with Crippen LogP contribution in [0.15, 0.2) is 48.5 Å². The summed E-state index contributed by atoms with van der Waals surface area (Å²) in [6.07, 6.45) is 3.94. The van der Waals surface area contributed by atoms with Crippen molar-refractivity contribution in [2.45, 2.75) is 13.0 Å². The van der Waals surface area contributed by atoms with Crippen LogP contribution < -0.4 is 19.5 Å². The van der Waals surface area contributed by atoms with Crippen LogP contribution in [0.25, 0.3) is 6.08 Å². The maximum Gasteiger partial charge on any atom is 0.261 e. The van der Waals surface area contributed by atoms with E-state index >= 15 is 0 Å². The highest BCUT2D eigenvalue weighted by Crippen LogP contribution is 2.31. The van der Waals surface area contributed by atoms with Crippen LogP contribution in [0.5, 0.6) is 17.2 Å². The number of hydrogen-bond acceptors (Lipinski definition) is 5. The van der Waals surface area contributed by atoms with Crippen LogP contribution in [0.2, 0.25) is 0 Å². The molecule has 0 saturated carbocycles. The molecule has 6 nitrogen and oxygen atoms in total. The third-order valence-corrected chi connectivity index (χ3v) is 4.96. The standard InChI is InChI=1S/C23H28N2O4/c1-4-7-17-10-11-21(22(14-17)28-3)29-16-23(26)25-13-12-24-15-19(25)18-8-5-6-9-20(18)27-2/h4-11,14,19,24H,12-13,15-16H2,1-3H3/b7-4+. The van der Waals surface area contributed by atoms with Crippen LogP contribution in [0, 0.1) is 0 Å². The molecule has 1 aliphatic rings. The molecule has 0 aromatic heterocycles. The monoisotopic (exact) mass is 396 g/mol. The Balaban J connectivity index is 1.73. The lowest BCUT2D eigenvalue weighted by Gasteiger charge is -2.37. The number of para-hydroxylation sites is 1. The average molecular weight is 396 g/mol. The summed E-state index contributed by atoms with van der Waals surface area (Å²) in [4.78, 5) is 14.9. The van der Waals surface area contributed by atoms with Gasteiger partial charge in [0.05, 0.1) is 20.3 Å². The van der Waals surface area contributed by atoms with Crippen molar-refractivity contribution in [3.05, 3.63) is 59.7 Å². The maximum absolute atomic E-state index is 13.0. The second-order valence-corrected chi connectivity index (χ2v) is 6.75. The Hall–Kier alpha value is -2.99. The van der Waals surface area contributed by atoms with Crippen molar-refractivity contribution in [3.63, 3.8) is 0 Å². The molecule has 1 amide bonds. The number of nitrogens with zero attached hydrogens (tertiary/aromatic N) is 1. The number of methoxy groups -OCH3 is 2. The van der Waals surface area contributed by atoms with Gasteiger partial charge in [0, 0.05) is 25.2 Å². The molecule has 0 spiro atoms. The Kier molecular flexibility index (Phi) is 7.14. The van der Waals surface area contributed by atoms with Crippen molar-refractivity contribution in [1.29, 1.82) is 0 Å². The van der Waals surface area contributed by atoms with Gasteiger partial charge in [0.25, 0.3) is 5.91 Å². The minimum atomic E-state index is -0.102. The first-order chi connectivity index (χ1) is 14.2. The largest absolute Gasteiger partial charge is 0.496 e. The van der Waals surface area contributed by atoms with E-state index in [1.54, 1.807) is 14.2 Å². The Morgan fingerprint density at radius 3 is 2.69 bits per heavy atom. The number of nitrogens with one attached hydrogen (secondary N) is 1. The molecule has 1 N–H and O–H groups in total. The Bertz CT molecular complexity index is 866. The smallest absolute Gasteiger partial charge is 0.261 e. The van der Waals surface area contributed by atoms with Crippen LogP contribution in [0.1, 0.15) is 24.1 Å². The molecule has 0 aliphatic carbocycles. The van der Waals surface area contributed by atoms with Gasteiger partial charge in [-0.1, -0.05) is 36.4 Å². The fourth-order valence-electron chi connectivity index (χ4n) is 3.54. The van der Waals surface area contributed by atoms with E-state index in [1.807, 2.05) is 66.4 Å². The van der Waals surface area contributed by atoms with Crippen molar-refractivity contribution in [2.24, 2.45) is 0 Å². The highest BCUT2D eigenvalue weighted by Gasteiger charge is 2.30. The van der Waals surface area contributed by atoms with Crippen molar-refractivity contribution >= 4 is 12.0 Å². The van der Waals surface area contributed by atoms with Gasteiger partial charge in [-0.3, -0.25) is 4.79 Å². The van der Waals surface area contributed by atoms with Crippen LogP contribution in [-0.4, -0.2) is 51.3 Å². The van der Waals surface area contributed by atoms with Gasteiger partial charge in [0.15, 0.2) is 18.1 Å². The molecule has 1 unspecified atom stereocenters. The quantitative estimate of drug-likeness (QED) is 0.778. The summed E-state index contributed by atoms with van der Waals surface area (Å²) in [6, 6.07) is 13.4. The summed E-state index contributed by atoms with van der Waals surface area (Å²) in [5.41, 5.74) is 2.00. The highest BCUT2D eigenvalue weighted by atomic mass is 16.5. The van der Waals surface area contributed by atoms with E-state index in [1.165, 1.54) is 0 Å². The first-order valence-corrected chi connectivity index (χ1v) is 9.74. The minimum Gasteiger partial charge on any atom is -0.496 e. The van der Waals surface area contributed by atoms with E-state index in [9.17, 15) is 4.79 Å². The summed E-state index contributed by atoms with van der Waals surface area (Å²) in [6.45, 7) is 3.95. The summed E-state index contributed by atoms with van der Waals surface area (Å²) in [7, 11) is 3.24. The minimum absolute atomic E-state index is 0.0506. The number of carbonyl (C=O) groups is 1. The van der Waals surface area contributed by atoms with Crippen molar-refractivity contribution in [3.8, 4) is 17.2 Å². The Labute approximate surface area is 172 Å². The summed E-state index contributed by atoms with van der Waals surface area (Å²) in [5, 5.41) is 3.36. The predicted molar refractivity (Wildman–Crippen MR) is 114 cm³/mol. The van der Waals surface area contributed by atoms with Crippen molar-refractivity contribution in [1.82, 2.24) is 10.2 Å². The topological polar surface area (TPSA) is 60.0 Å². The fraction of sp³-hybridized carbons (Fsp3) is 0.348. The van der Waals surface area contributed by atoms with Crippen LogP contribution in [-0.2, 0) is 4.79 Å². The number of benzene rings is 2. The fourth-order valence-corrected chi connectivity index (χ4v) is 3.54. The number of carbonyl (C=O) groups excluding carboxylic acids is 1. The van der Waals surface area contributed by atoms with Gasteiger partial charge in [0.2, 0.25) is 0 Å². The first-order valence-electron chi connectivity index (χ1n) is 9.74. The zero-order valence-electron chi connectivity index (χ0n) is 17.2. The van der Waals surface area contributed by atoms with E-state index in [0.29, 0.717) is 24.6 Å². The number of allylic oxidation sites excluding steroid dienone is 1. The van der Waals surface area contributed by atoms with Gasteiger partial charge in [0.1, 0.15) is 5.75 Å². The summed E-state index contributed by atoms with van der Waals surface area (Å²) >= 11 is 0. The molecule has 2 aromatic rings. The second-order valence-electron chi connectivity index (χ2n) is 6.75. The molecule has 1 aliphatic heterocycles. The number of ether oxygens (including phenoxy) is 3.